The molecular weight excluding hydrogens is 414 g/mol. The fourth-order valence-electron chi connectivity index (χ4n) is 2.63. The average Bonchev–Trinajstić information content (AvgIpc) is 2.96. The lowest BCUT2D eigenvalue weighted by Gasteiger charge is -2.09. The van der Waals surface area contributed by atoms with E-state index in [-0.39, 0.29) is 17.9 Å². The fraction of sp³-hybridized carbons (Fsp3) is 0.200. The van der Waals surface area contributed by atoms with Gasteiger partial charge in [0.1, 0.15) is 5.00 Å². The largest absolute Gasteiger partial charge is 0.462 e. The maximum absolute atomic E-state index is 12.8. The van der Waals surface area contributed by atoms with Crippen molar-refractivity contribution in [2.24, 2.45) is 0 Å². The fourth-order valence-corrected chi connectivity index (χ4v) is 3.80. The summed E-state index contributed by atoms with van der Waals surface area (Å²) in [5.74, 6) is -1.23. The zero-order chi connectivity index (χ0) is 21.1. The zero-order valence-corrected chi connectivity index (χ0v) is 17.6. The smallest absolute Gasteiger partial charge is 0.341 e. The highest BCUT2D eigenvalue weighted by atomic mass is 35.5. The normalized spacial score (nSPS) is 10.6. The van der Waals surface area contributed by atoms with E-state index in [1.165, 1.54) is 28.3 Å². The number of hydrogen-bond donors (Lipinski definition) is 1. The number of carbonyl (C=O) groups is 2. The number of anilines is 1. The van der Waals surface area contributed by atoms with Crippen LogP contribution < -0.4 is 10.7 Å². The van der Waals surface area contributed by atoms with E-state index in [2.05, 4.69) is 10.4 Å². The number of halogens is 1. The molecule has 0 unspecified atom stereocenters. The number of aryl methyl sites for hydroxylation is 1. The minimum Gasteiger partial charge on any atom is -0.462 e. The van der Waals surface area contributed by atoms with Crippen molar-refractivity contribution in [3.63, 3.8) is 0 Å². The Morgan fingerprint density at radius 1 is 1.21 bits per heavy atom. The lowest BCUT2D eigenvalue weighted by atomic mass is 10.1. The van der Waals surface area contributed by atoms with E-state index in [0.29, 0.717) is 15.7 Å². The summed E-state index contributed by atoms with van der Waals surface area (Å²) in [7, 11) is 0. The third-order valence-electron chi connectivity index (χ3n) is 4.21. The van der Waals surface area contributed by atoms with Crippen molar-refractivity contribution in [3.05, 3.63) is 73.5 Å². The highest BCUT2D eigenvalue weighted by Gasteiger charge is 2.24. The Hall–Kier alpha value is -2.97. The van der Waals surface area contributed by atoms with Gasteiger partial charge in [0.05, 0.1) is 17.9 Å². The quantitative estimate of drug-likeness (QED) is 0.617. The summed E-state index contributed by atoms with van der Waals surface area (Å²) in [5.41, 5.74) is 0.829. The summed E-state index contributed by atoms with van der Waals surface area (Å²) < 4.78 is 6.49. The lowest BCUT2D eigenvalue weighted by Crippen LogP contribution is -2.25. The van der Waals surface area contributed by atoms with Gasteiger partial charge in [-0.05, 0) is 50.6 Å². The third-order valence-corrected chi connectivity index (χ3v) is 5.58. The van der Waals surface area contributed by atoms with Crippen LogP contribution in [0.3, 0.4) is 0 Å². The molecule has 0 fully saturated rings. The van der Waals surface area contributed by atoms with Gasteiger partial charge < -0.3 is 10.1 Å². The lowest BCUT2D eigenvalue weighted by molar-refractivity contribution is 0.0527. The molecule has 0 atom stereocenters. The highest BCUT2D eigenvalue weighted by Crippen LogP contribution is 2.33. The van der Waals surface area contributed by atoms with Gasteiger partial charge in [-0.25, -0.2) is 9.48 Å². The van der Waals surface area contributed by atoms with Crippen molar-refractivity contribution in [2.75, 3.05) is 11.9 Å². The van der Waals surface area contributed by atoms with Gasteiger partial charge in [0, 0.05) is 22.2 Å². The van der Waals surface area contributed by atoms with Gasteiger partial charge in [-0.2, -0.15) is 5.10 Å². The molecule has 1 aromatic carbocycles. The van der Waals surface area contributed by atoms with Crippen LogP contribution in [0.4, 0.5) is 5.00 Å². The number of amides is 1. The summed E-state index contributed by atoms with van der Waals surface area (Å²) in [6, 6.07) is 8.05. The van der Waals surface area contributed by atoms with E-state index < -0.39 is 17.3 Å². The van der Waals surface area contributed by atoms with E-state index in [9.17, 15) is 14.4 Å². The molecule has 0 bridgehead atoms. The number of hydrogen-bond acceptors (Lipinski definition) is 6. The number of ether oxygens (including phenoxy) is 1. The van der Waals surface area contributed by atoms with Crippen molar-refractivity contribution < 1.29 is 14.3 Å². The maximum atomic E-state index is 12.8. The zero-order valence-electron chi connectivity index (χ0n) is 16.0. The minimum absolute atomic E-state index is 0.215. The predicted molar refractivity (Wildman–Crippen MR) is 113 cm³/mol. The van der Waals surface area contributed by atoms with Crippen molar-refractivity contribution in [1.29, 1.82) is 0 Å². The van der Waals surface area contributed by atoms with Crippen LogP contribution in [-0.4, -0.2) is 28.3 Å². The molecule has 9 heteroatoms. The standard InChI is InChI=1S/C20H18ClN3O4S/c1-4-28-20(27)16-11(2)12(3)29-19(16)22-18(26)17-15(25)9-10-24(23-17)14-7-5-13(21)6-8-14/h5-10H,4H2,1-3H3,(H,22,26). The summed E-state index contributed by atoms with van der Waals surface area (Å²) in [6.45, 7) is 5.54. The topological polar surface area (TPSA) is 90.3 Å². The van der Waals surface area contributed by atoms with Crippen molar-refractivity contribution in [2.45, 2.75) is 20.8 Å². The number of rotatable bonds is 5. The molecule has 0 spiro atoms. The van der Waals surface area contributed by atoms with Gasteiger partial charge in [0.2, 0.25) is 5.43 Å². The minimum atomic E-state index is -0.704. The van der Waals surface area contributed by atoms with Crippen LogP contribution in [0, 0.1) is 13.8 Å². The average molecular weight is 432 g/mol. The molecule has 0 aliphatic rings. The van der Waals surface area contributed by atoms with E-state index in [0.717, 1.165) is 10.4 Å². The van der Waals surface area contributed by atoms with Gasteiger partial charge in [-0.15, -0.1) is 11.3 Å². The molecule has 3 rings (SSSR count). The molecule has 0 saturated heterocycles. The molecule has 2 aromatic heterocycles. The Balaban J connectivity index is 1.95. The van der Waals surface area contributed by atoms with E-state index in [1.807, 2.05) is 6.92 Å². The molecule has 0 aliphatic carbocycles. The number of aromatic nitrogens is 2. The molecule has 3 aromatic rings. The van der Waals surface area contributed by atoms with Crippen LogP contribution in [0.2, 0.25) is 5.02 Å². The van der Waals surface area contributed by atoms with Crippen molar-refractivity contribution >= 4 is 39.8 Å². The second-order valence-electron chi connectivity index (χ2n) is 6.11. The Kier molecular flexibility index (Phi) is 6.14. The van der Waals surface area contributed by atoms with Crippen LogP contribution >= 0.6 is 22.9 Å². The van der Waals surface area contributed by atoms with E-state index in [1.54, 1.807) is 38.1 Å². The molecule has 0 aliphatic heterocycles. The molecule has 0 radical (unpaired) electrons. The van der Waals surface area contributed by atoms with Gasteiger partial charge in [0.25, 0.3) is 5.91 Å². The Labute approximate surface area is 175 Å². The molecular formula is C20H18ClN3O4S. The molecule has 2 heterocycles. The number of esters is 1. The Morgan fingerprint density at radius 3 is 2.55 bits per heavy atom. The molecule has 150 valence electrons. The predicted octanol–water partition coefficient (Wildman–Crippen LogP) is 3.99. The van der Waals surface area contributed by atoms with Crippen LogP contribution in [-0.2, 0) is 4.74 Å². The second-order valence-corrected chi connectivity index (χ2v) is 7.77. The van der Waals surface area contributed by atoms with Crippen molar-refractivity contribution in [3.8, 4) is 5.69 Å². The van der Waals surface area contributed by atoms with Crippen LogP contribution in [0.25, 0.3) is 5.69 Å². The Bertz CT molecular complexity index is 1140. The first-order valence-electron chi connectivity index (χ1n) is 8.76. The van der Waals surface area contributed by atoms with E-state index in [4.69, 9.17) is 16.3 Å². The number of nitrogens with zero attached hydrogens (tertiary/aromatic N) is 2. The molecule has 0 saturated carbocycles. The summed E-state index contributed by atoms with van der Waals surface area (Å²) in [6.07, 6.45) is 1.46. The first kappa shape index (κ1) is 20.8. The summed E-state index contributed by atoms with van der Waals surface area (Å²) >= 11 is 7.14. The van der Waals surface area contributed by atoms with Crippen molar-refractivity contribution in [1.82, 2.24) is 9.78 Å². The molecule has 1 N–H and O–H groups in total. The molecule has 1 amide bonds. The molecule has 7 nitrogen and oxygen atoms in total. The van der Waals surface area contributed by atoms with Gasteiger partial charge in [-0.1, -0.05) is 11.6 Å². The highest BCUT2D eigenvalue weighted by molar-refractivity contribution is 7.16. The first-order valence-corrected chi connectivity index (χ1v) is 9.95. The van der Waals surface area contributed by atoms with E-state index >= 15 is 0 Å². The van der Waals surface area contributed by atoms with Crippen LogP contribution in [0.5, 0.6) is 0 Å². The maximum Gasteiger partial charge on any atom is 0.341 e. The SMILES string of the molecule is CCOC(=O)c1c(NC(=O)c2nn(-c3ccc(Cl)cc3)ccc2=O)sc(C)c1C. The molecule has 29 heavy (non-hydrogen) atoms. The number of thiophene rings is 1. The number of carbonyl (C=O) groups excluding carboxylic acids is 2. The summed E-state index contributed by atoms with van der Waals surface area (Å²) in [4.78, 5) is 38.2. The van der Waals surface area contributed by atoms with Crippen LogP contribution in [0.15, 0.2) is 41.3 Å². The number of benzene rings is 1. The van der Waals surface area contributed by atoms with Crippen LogP contribution in [0.1, 0.15) is 38.2 Å². The Morgan fingerprint density at radius 2 is 1.90 bits per heavy atom. The monoisotopic (exact) mass is 431 g/mol. The first-order chi connectivity index (χ1) is 13.8. The van der Waals surface area contributed by atoms with Gasteiger partial charge in [-0.3, -0.25) is 9.59 Å². The summed E-state index contributed by atoms with van der Waals surface area (Å²) in [5, 5.41) is 7.67. The van der Waals surface area contributed by atoms with Gasteiger partial charge >= 0.3 is 5.97 Å². The third kappa shape index (κ3) is 4.38. The van der Waals surface area contributed by atoms with Gasteiger partial charge in [0.15, 0.2) is 5.69 Å². The number of nitrogens with one attached hydrogen (secondary N) is 1. The second kappa shape index (κ2) is 8.59.